The second kappa shape index (κ2) is 8.42. The molecule has 0 aromatic heterocycles. The molecule has 9 nitrogen and oxygen atoms in total. The number of amides is 3. The first kappa shape index (κ1) is 19.9. The Bertz CT molecular complexity index is 861. The normalized spacial score (nSPS) is 19.2. The number of nitro groups is 1. The number of hydrogen-bond acceptors (Lipinski definition) is 7. The molecule has 1 aromatic rings. The number of imide groups is 1. The molecule has 0 spiro atoms. The maximum atomic E-state index is 12.6. The van der Waals surface area contributed by atoms with Gasteiger partial charge in [0.2, 0.25) is 5.91 Å². The van der Waals surface area contributed by atoms with Gasteiger partial charge in [-0.25, -0.2) is 0 Å². The molecule has 3 amide bonds. The molecule has 1 N–H and O–H groups in total. The van der Waals surface area contributed by atoms with Crippen LogP contribution in [0.1, 0.15) is 31.2 Å². The highest BCUT2D eigenvalue weighted by molar-refractivity contribution is 8.18. The van der Waals surface area contributed by atoms with Gasteiger partial charge < -0.3 is 10.0 Å². The minimum Gasteiger partial charge on any atom is -0.508 e. The van der Waals surface area contributed by atoms with E-state index in [4.69, 9.17) is 0 Å². The number of carbonyl (C=O) groups excluding carboxylic acids is 3. The number of likely N-dealkylation sites (tertiary alicyclic amines) is 1. The van der Waals surface area contributed by atoms with Crippen molar-refractivity contribution >= 4 is 40.6 Å². The van der Waals surface area contributed by atoms with Gasteiger partial charge in [-0.3, -0.25) is 29.4 Å². The molecule has 2 aliphatic rings. The van der Waals surface area contributed by atoms with Crippen LogP contribution in [0.3, 0.4) is 0 Å². The largest absolute Gasteiger partial charge is 0.508 e. The first-order valence-corrected chi connectivity index (χ1v) is 9.69. The zero-order valence-electron chi connectivity index (χ0n) is 15.0. The van der Waals surface area contributed by atoms with Crippen LogP contribution in [-0.4, -0.2) is 56.5 Å². The van der Waals surface area contributed by atoms with Gasteiger partial charge in [0.1, 0.15) is 12.3 Å². The van der Waals surface area contributed by atoms with Crippen molar-refractivity contribution < 1.29 is 24.4 Å². The fourth-order valence-electron chi connectivity index (χ4n) is 3.16. The van der Waals surface area contributed by atoms with Crippen LogP contribution in [0.4, 0.5) is 10.5 Å². The molecular formula is C18H19N3O6S. The van der Waals surface area contributed by atoms with Crippen molar-refractivity contribution in [2.24, 2.45) is 0 Å². The number of rotatable bonds is 4. The number of aromatic hydroxyl groups is 1. The van der Waals surface area contributed by atoms with E-state index in [2.05, 4.69) is 0 Å². The van der Waals surface area contributed by atoms with Crippen LogP contribution in [-0.2, 0) is 9.59 Å². The second-order valence-corrected chi connectivity index (χ2v) is 7.56. The van der Waals surface area contributed by atoms with Gasteiger partial charge in [0.15, 0.2) is 0 Å². The Morgan fingerprint density at radius 1 is 1.21 bits per heavy atom. The van der Waals surface area contributed by atoms with Gasteiger partial charge >= 0.3 is 0 Å². The lowest BCUT2D eigenvalue weighted by Crippen LogP contribution is -2.42. The third-order valence-electron chi connectivity index (χ3n) is 4.62. The standard InChI is InChI=1S/C18H19N3O6S/c22-13-5-6-14(21(26)27)12(9-13)10-15-17(24)20(18(25)28-15)11-16(23)19-7-3-1-2-4-8-19/h5-6,9-10,22H,1-4,7-8,11H2. The molecule has 0 saturated carbocycles. The average molecular weight is 405 g/mol. The highest BCUT2D eigenvalue weighted by Gasteiger charge is 2.37. The van der Waals surface area contributed by atoms with E-state index in [-0.39, 0.29) is 34.4 Å². The summed E-state index contributed by atoms with van der Waals surface area (Å²) in [6.07, 6.45) is 5.09. The molecule has 2 heterocycles. The SMILES string of the molecule is O=C(CN1C(=O)SC(=Cc2cc(O)ccc2[N+](=O)[O-])C1=O)N1CCCCCC1. The van der Waals surface area contributed by atoms with Crippen LogP contribution in [0.25, 0.3) is 6.08 Å². The number of thioether (sulfide) groups is 1. The summed E-state index contributed by atoms with van der Waals surface area (Å²) < 4.78 is 0. The smallest absolute Gasteiger partial charge is 0.294 e. The minimum atomic E-state index is -0.671. The van der Waals surface area contributed by atoms with Gasteiger partial charge in [-0.15, -0.1) is 0 Å². The summed E-state index contributed by atoms with van der Waals surface area (Å²) in [5.41, 5.74) is -0.292. The molecular weight excluding hydrogens is 386 g/mol. The second-order valence-electron chi connectivity index (χ2n) is 6.56. The summed E-state index contributed by atoms with van der Waals surface area (Å²) >= 11 is 0.619. The van der Waals surface area contributed by atoms with E-state index in [1.165, 1.54) is 12.1 Å². The van der Waals surface area contributed by atoms with Crippen molar-refractivity contribution in [1.29, 1.82) is 0 Å². The molecule has 0 atom stereocenters. The first-order valence-electron chi connectivity index (χ1n) is 8.87. The maximum absolute atomic E-state index is 12.6. The van der Waals surface area contributed by atoms with Gasteiger partial charge in [-0.1, -0.05) is 12.8 Å². The Labute approximate surface area is 165 Å². The zero-order chi connectivity index (χ0) is 20.3. The van der Waals surface area contributed by atoms with Crippen LogP contribution >= 0.6 is 11.8 Å². The van der Waals surface area contributed by atoms with Gasteiger partial charge in [-0.05, 0) is 42.8 Å². The molecule has 0 radical (unpaired) electrons. The highest BCUT2D eigenvalue weighted by atomic mass is 32.2. The molecule has 1 aromatic carbocycles. The lowest BCUT2D eigenvalue weighted by atomic mass is 10.1. The zero-order valence-corrected chi connectivity index (χ0v) is 15.8. The van der Waals surface area contributed by atoms with Crippen molar-refractivity contribution in [3.05, 3.63) is 38.8 Å². The number of nitrogens with zero attached hydrogens (tertiary/aromatic N) is 3. The Morgan fingerprint density at radius 3 is 2.54 bits per heavy atom. The maximum Gasteiger partial charge on any atom is 0.294 e. The third-order valence-corrected chi connectivity index (χ3v) is 5.53. The molecule has 0 unspecified atom stereocenters. The lowest BCUT2D eigenvalue weighted by Gasteiger charge is -2.22. The molecule has 3 rings (SSSR count). The van der Waals surface area contributed by atoms with E-state index >= 15 is 0 Å². The van der Waals surface area contributed by atoms with Crippen LogP contribution in [0.15, 0.2) is 23.1 Å². The molecule has 0 aliphatic carbocycles. The van der Waals surface area contributed by atoms with Crippen molar-refractivity contribution in [1.82, 2.24) is 9.80 Å². The number of nitro benzene ring substituents is 1. The lowest BCUT2D eigenvalue weighted by molar-refractivity contribution is -0.385. The quantitative estimate of drug-likeness (QED) is 0.464. The number of carbonyl (C=O) groups is 3. The van der Waals surface area contributed by atoms with Crippen molar-refractivity contribution in [2.45, 2.75) is 25.7 Å². The summed E-state index contributed by atoms with van der Waals surface area (Å²) in [6, 6.07) is 3.43. The van der Waals surface area contributed by atoms with E-state index in [0.29, 0.717) is 24.9 Å². The summed E-state index contributed by atoms with van der Waals surface area (Å²) in [7, 11) is 0. The minimum absolute atomic E-state index is 0.00865. The monoisotopic (exact) mass is 405 g/mol. The van der Waals surface area contributed by atoms with Crippen molar-refractivity contribution in [3.8, 4) is 5.75 Å². The summed E-state index contributed by atoms with van der Waals surface area (Å²) in [4.78, 5) is 50.3. The summed E-state index contributed by atoms with van der Waals surface area (Å²) in [5, 5.41) is 20.1. The third kappa shape index (κ3) is 4.33. The molecule has 10 heteroatoms. The van der Waals surface area contributed by atoms with Crippen LogP contribution < -0.4 is 0 Å². The topological polar surface area (TPSA) is 121 Å². The predicted octanol–water partition coefficient (Wildman–Crippen LogP) is 2.74. The fourth-order valence-corrected chi connectivity index (χ4v) is 3.99. The van der Waals surface area contributed by atoms with Crippen molar-refractivity contribution in [3.63, 3.8) is 0 Å². The van der Waals surface area contributed by atoms with E-state index < -0.39 is 16.1 Å². The van der Waals surface area contributed by atoms with Crippen LogP contribution in [0.5, 0.6) is 5.75 Å². The van der Waals surface area contributed by atoms with Gasteiger partial charge in [0, 0.05) is 19.2 Å². The molecule has 148 valence electrons. The Kier molecular flexibility index (Phi) is 5.98. The molecule has 2 saturated heterocycles. The number of benzene rings is 1. The molecule has 28 heavy (non-hydrogen) atoms. The molecule has 0 bridgehead atoms. The van der Waals surface area contributed by atoms with E-state index in [9.17, 15) is 29.6 Å². The number of hydrogen-bond donors (Lipinski definition) is 1. The summed E-state index contributed by atoms with van der Waals surface area (Å²) in [5.74, 6) is -1.16. The fraction of sp³-hybridized carbons (Fsp3) is 0.389. The number of phenols is 1. The van der Waals surface area contributed by atoms with Crippen LogP contribution in [0, 0.1) is 10.1 Å². The summed E-state index contributed by atoms with van der Waals surface area (Å²) in [6.45, 7) is 0.880. The van der Waals surface area contributed by atoms with Gasteiger partial charge in [0.05, 0.1) is 15.4 Å². The highest BCUT2D eigenvalue weighted by Crippen LogP contribution is 2.34. The predicted molar refractivity (Wildman–Crippen MR) is 102 cm³/mol. The Hall–Kier alpha value is -2.88. The van der Waals surface area contributed by atoms with Crippen molar-refractivity contribution in [2.75, 3.05) is 19.6 Å². The van der Waals surface area contributed by atoms with Gasteiger partial charge in [-0.2, -0.15) is 0 Å². The molecule has 2 aliphatic heterocycles. The molecule has 2 fully saturated rings. The van der Waals surface area contributed by atoms with Gasteiger partial charge in [0.25, 0.3) is 16.8 Å². The van der Waals surface area contributed by atoms with Crippen LogP contribution in [0.2, 0.25) is 0 Å². The number of phenolic OH excluding ortho intramolecular Hbond substituents is 1. The van der Waals surface area contributed by atoms with E-state index in [0.717, 1.165) is 42.7 Å². The van der Waals surface area contributed by atoms with E-state index in [1.807, 2.05) is 0 Å². The Balaban J connectivity index is 1.78. The first-order chi connectivity index (χ1) is 13.4. The Morgan fingerprint density at radius 2 is 1.89 bits per heavy atom. The average Bonchev–Trinajstić information content (AvgIpc) is 2.85. The van der Waals surface area contributed by atoms with E-state index in [1.54, 1.807) is 4.90 Å².